The molecule has 0 saturated carbocycles. The summed E-state index contributed by atoms with van der Waals surface area (Å²) in [6.07, 6.45) is 6.29. The fraction of sp³-hybridized carbons (Fsp3) is 0.429. The summed E-state index contributed by atoms with van der Waals surface area (Å²) in [6.45, 7) is 4.63. The fourth-order valence-corrected chi connectivity index (χ4v) is 4.09. The molecule has 10 nitrogen and oxygen atoms in total. The molecule has 162 valence electrons. The number of carbonyl (C=O) groups excluding carboxylic acids is 1. The second-order valence-corrected chi connectivity index (χ2v) is 7.91. The van der Waals surface area contributed by atoms with E-state index in [0.29, 0.717) is 23.4 Å². The molecule has 3 aromatic heterocycles. The van der Waals surface area contributed by atoms with Crippen LogP contribution in [0, 0.1) is 12.8 Å². The van der Waals surface area contributed by atoms with E-state index in [0.717, 1.165) is 61.7 Å². The highest BCUT2D eigenvalue weighted by Gasteiger charge is 2.26. The molecular weight excluding hydrogens is 396 g/mol. The molecule has 0 spiro atoms. The van der Waals surface area contributed by atoms with Gasteiger partial charge in [0.2, 0.25) is 5.91 Å². The maximum Gasteiger partial charge on any atom is 0.245 e. The van der Waals surface area contributed by atoms with E-state index in [1.165, 1.54) is 6.33 Å². The van der Waals surface area contributed by atoms with E-state index in [-0.39, 0.29) is 13.9 Å². The maximum atomic E-state index is 12.2. The molecule has 5 rings (SSSR count). The van der Waals surface area contributed by atoms with Gasteiger partial charge < -0.3 is 15.0 Å². The predicted octanol–water partition coefficient (Wildman–Crippen LogP) is 2.45. The number of nitrogens with one attached hydrogen (secondary N) is 2. The topological polar surface area (TPSA) is 122 Å². The standard InChI is InChI=1S/C21H24N8O2.H2/c1-13-15(2-3-16(25-13)19-23-12-24-28-19)17-10-22-20-21(26-17)29(11-18(30)27-20)7-4-14-5-8-31-9-6-14;/h2-3,10,12,14H,4-9,11H2,1H3,(H,22,27,30)(H,23,24,28);1H. The highest BCUT2D eigenvalue weighted by molar-refractivity contribution is 5.99. The average Bonchev–Trinajstić information content (AvgIpc) is 3.33. The summed E-state index contributed by atoms with van der Waals surface area (Å²) in [6, 6.07) is 3.85. The number of pyridine rings is 1. The highest BCUT2D eigenvalue weighted by atomic mass is 16.5. The molecule has 0 aliphatic carbocycles. The Labute approximate surface area is 181 Å². The lowest BCUT2D eigenvalue weighted by Crippen LogP contribution is -2.40. The third-order valence-electron chi connectivity index (χ3n) is 5.81. The van der Waals surface area contributed by atoms with Crippen molar-refractivity contribution in [3.05, 3.63) is 30.4 Å². The van der Waals surface area contributed by atoms with Crippen LogP contribution in [0.2, 0.25) is 0 Å². The second kappa shape index (κ2) is 8.38. The number of H-pyrrole nitrogens is 1. The Bertz CT molecular complexity index is 1090. The van der Waals surface area contributed by atoms with Crippen molar-refractivity contribution in [1.29, 1.82) is 0 Å². The van der Waals surface area contributed by atoms with Crippen molar-refractivity contribution >= 4 is 17.5 Å². The quantitative estimate of drug-likeness (QED) is 0.643. The molecule has 0 radical (unpaired) electrons. The van der Waals surface area contributed by atoms with Crippen LogP contribution < -0.4 is 10.2 Å². The lowest BCUT2D eigenvalue weighted by atomic mass is 9.96. The van der Waals surface area contributed by atoms with Gasteiger partial charge in [-0.2, -0.15) is 5.10 Å². The van der Waals surface area contributed by atoms with Crippen LogP contribution >= 0.6 is 0 Å². The molecule has 1 fully saturated rings. The molecule has 0 unspecified atom stereocenters. The third kappa shape index (κ3) is 4.11. The summed E-state index contributed by atoms with van der Waals surface area (Å²) in [5.74, 6) is 2.40. The SMILES string of the molecule is Cc1nc(-c2ncn[nH]2)ccc1-c1cnc2c(n1)N(CCC1CCOCC1)CC(=O)N2.[HH]. The largest absolute Gasteiger partial charge is 0.381 e. The Morgan fingerprint density at radius 3 is 2.84 bits per heavy atom. The van der Waals surface area contributed by atoms with Gasteiger partial charge in [0.25, 0.3) is 0 Å². The van der Waals surface area contributed by atoms with Crippen molar-refractivity contribution in [2.45, 2.75) is 26.2 Å². The number of aryl methyl sites for hydroxylation is 1. The maximum absolute atomic E-state index is 12.2. The minimum Gasteiger partial charge on any atom is -0.381 e. The lowest BCUT2D eigenvalue weighted by Gasteiger charge is -2.31. The first-order valence-electron chi connectivity index (χ1n) is 10.5. The van der Waals surface area contributed by atoms with Crippen molar-refractivity contribution in [3.63, 3.8) is 0 Å². The first-order valence-corrected chi connectivity index (χ1v) is 10.5. The number of hydrogen-bond acceptors (Lipinski definition) is 8. The molecule has 2 aliphatic heterocycles. The predicted molar refractivity (Wildman–Crippen MR) is 116 cm³/mol. The van der Waals surface area contributed by atoms with Gasteiger partial charge in [0.1, 0.15) is 12.0 Å². The molecule has 0 aromatic carbocycles. The van der Waals surface area contributed by atoms with Crippen molar-refractivity contribution in [1.82, 2.24) is 30.1 Å². The van der Waals surface area contributed by atoms with E-state index in [1.54, 1.807) is 6.20 Å². The zero-order chi connectivity index (χ0) is 21.2. The van der Waals surface area contributed by atoms with Gasteiger partial charge >= 0.3 is 0 Å². The van der Waals surface area contributed by atoms with E-state index in [4.69, 9.17) is 9.72 Å². The van der Waals surface area contributed by atoms with E-state index in [9.17, 15) is 4.79 Å². The molecule has 0 atom stereocenters. The van der Waals surface area contributed by atoms with Crippen molar-refractivity contribution < 1.29 is 11.0 Å². The summed E-state index contributed by atoms with van der Waals surface area (Å²) in [5, 5.41) is 9.54. The summed E-state index contributed by atoms with van der Waals surface area (Å²) >= 11 is 0. The Hall–Kier alpha value is -3.40. The number of anilines is 2. The van der Waals surface area contributed by atoms with Crippen molar-refractivity contribution in [2.24, 2.45) is 5.92 Å². The first kappa shape index (κ1) is 19.6. The lowest BCUT2D eigenvalue weighted by molar-refractivity contribution is -0.115. The minimum atomic E-state index is -0.0595. The third-order valence-corrected chi connectivity index (χ3v) is 5.81. The van der Waals surface area contributed by atoms with Crippen LogP contribution in [-0.4, -0.2) is 62.3 Å². The van der Waals surface area contributed by atoms with Crippen molar-refractivity contribution in [3.8, 4) is 22.8 Å². The number of hydrogen-bond donors (Lipinski definition) is 2. The summed E-state index contributed by atoms with van der Waals surface area (Å²) in [7, 11) is 0. The summed E-state index contributed by atoms with van der Waals surface area (Å²) in [4.78, 5) is 32.4. The van der Waals surface area contributed by atoms with Gasteiger partial charge in [0, 0.05) is 32.4 Å². The molecule has 2 N–H and O–H groups in total. The molecule has 31 heavy (non-hydrogen) atoms. The Balaban J connectivity index is 0.00000245. The summed E-state index contributed by atoms with van der Waals surface area (Å²) < 4.78 is 5.46. The number of nitrogens with zero attached hydrogens (tertiary/aromatic N) is 6. The summed E-state index contributed by atoms with van der Waals surface area (Å²) in [5.41, 5.74) is 3.15. The number of carbonyl (C=O) groups is 1. The van der Waals surface area contributed by atoms with Crippen molar-refractivity contribution in [2.75, 3.05) is 36.5 Å². The second-order valence-electron chi connectivity index (χ2n) is 7.91. The molecule has 3 aromatic rings. The number of aromatic nitrogens is 6. The zero-order valence-corrected chi connectivity index (χ0v) is 17.3. The molecule has 2 aliphatic rings. The molecule has 1 saturated heterocycles. The number of fused-ring (bicyclic) bond motifs is 1. The zero-order valence-electron chi connectivity index (χ0n) is 17.3. The molecule has 0 bridgehead atoms. The van der Waals surface area contributed by atoms with Crippen LogP contribution in [-0.2, 0) is 9.53 Å². The highest BCUT2D eigenvalue weighted by Crippen LogP contribution is 2.31. The van der Waals surface area contributed by atoms with Crippen LogP contribution in [0.1, 0.15) is 26.4 Å². The van der Waals surface area contributed by atoms with Gasteiger partial charge in [-0.05, 0) is 44.2 Å². The van der Waals surface area contributed by atoms with E-state index in [2.05, 4.69) is 30.5 Å². The number of aromatic amines is 1. The van der Waals surface area contributed by atoms with E-state index >= 15 is 0 Å². The first-order chi connectivity index (χ1) is 15.2. The fourth-order valence-electron chi connectivity index (χ4n) is 4.09. The monoisotopic (exact) mass is 422 g/mol. The molecular formula is C21H26N8O2. The average molecular weight is 422 g/mol. The molecule has 10 heteroatoms. The van der Waals surface area contributed by atoms with Gasteiger partial charge in [-0.3, -0.25) is 9.89 Å². The molecule has 5 heterocycles. The van der Waals surface area contributed by atoms with E-state index in [1.807, 2.05) is 24.0 Å². The van der Waals surface area contributed by atoms with Gasteiger partial charge in [0.05, 0.1) is 18.4 Å². The van der Waals surface area contributed by atoms with Gasteiger partial charge in [-0.15, -0.1) is 0 Å². The Morgan fingerprint density at radius 1 is 1.19 bits per heavy atom. The van der Waals surface area contributed by atoms with Gasteiger partial charge in [-0.1, -0.05) is 0 Å². The van der Waals surface area contributed by atoms with Crippen LogP contribution in [0.15, 0.2) is 24.7 Å². The van der Waals surface area contributed by atoms with Gasteiger partial charge in [-0.25, -0.2) is 19.9 Å². The van der Waals surface area contributed by atoms with Crippen LogP contribution in [0.25, 0.3) is 22.8 Å². The Morgan fingerprint density at radius 2 is 2.06 bits per heavy atom. The van der Waals surface area contributed by atoms with Crippen LogP contribution in [0.4, 0.5) is 11.6 Å². The van der Waals surface area contributed by atoms with Crippen LogP contribution in [0.5, 0.6) is 0 Å². The Kier molecular flexibility index (Phi) is 5.29. The number of rotatable bonds is 5. The normalized spacial score (nSPS) is 16.8. The number of ether oxygens (including phenoxy) is 1. The minimum absolute atomic E-state index is 0. The molecule has 1 amide bonds. The smallest absolute Gasteiger partial charge is 0.245 e. The van der Waals surface area contributed by atoms with E-state index < -0.39 is 0 Å². The van der Waals surface area contributed by atoms with Crippen LogP contribution in [0.3, 0.4) is 0 Å². The van der Waals surface area contributed by atoms with Gasteiger partial charge in [0.15, 0.2) is 17.5 Å². The number of amides is 1.